The molecule has 0 bridgehead atoms. The van der Waals surface area contributed by atoms with Gasteiger partial charge in [-0.15, -0.1) is 0 Å². The van der Waals surface area contributed by atoms with Crippen molar-refractivity contribution in [1.29, 1.82) is 0 Å². The Kier molecular flexibility index (Phi) is 3.69. The number of likely N-dealkylation sites (tertiary alicyclic amines) is 1. The molecule has 122 valence electrons. The Morgan fingerprint density at radius 3 is 2.48 bits per heavy atom. The molecular formula is C17H20N2O4. The number of carbonyl (C=O) groups excluding carboxylic acids is 2. The third-order valence-electron chi connectivity index (χ3n) is 4.82. The summed E-state index contributed by atoms with van der Waals surface area (Å²) in [5.41, 5.74) is 0.571. The third kappa shape index (κ3) is 2.57. The fourth-order valence-electron chi connectivity index (χ4n) is 3.60. The van der Waals surface area contributed by atoms with Gasteiger partial charge in [0.15, 0.2) is 11.5 Å². The molecule has 0 radical (unpaired) electrons. The molecule has 0 spiro atoms. The molecule has 0 unspecified atom stereocenters. The predicted molar refractivity (Wildman–Crippen MR) is 83.5 cm³/mol. The zero-order valence-electron chi connectivity index (χ0n) is 13.0. The van der Waals surface area contributed by atoms with Crippen molar-refractivity contribution in [1.82, 2.24) is 4.90 Å². The second-order valence-corrected chi connectivity index (χ2v) is 6.28. The maximum absolute atomic E-state index is 12.8. The number of anilines is 1. The van der Waals surface area contributed by atoms with Crippen molar-refractivity contribution in [2.24, 2.45) is 0 Å². The molecule has 1 aromatic carbocycles. The summed E-state index contributed by atoms with van der Waals surface area (Å²) in [5, 5.41) is 0. The van der Waals surface area contributed by atoms with Gasteiger partial charge < -0.3 is 9.47 Å². The molecule has 6 heteroatoms. The topological polar surface area (TPSA) is 59.1 Å². The summed E-state index contributed by atoms with van der Waals surface area (Å²) in [6, 6.07) is 4.89. The zero-order valence-corrected chi connectivity index (χ0v) is 13.0. The van der Waals surface area contributed by atoms with E-state index in [1.165, 1.54) is 17.7 Å². The SMILES string of the molecule is O=C1C[C@@H](N2CCCCCC2)C(=O)N1c1ccc2c(c1)OCO2. The lowest BCUT2D eigenvalue weighted by atomic mass is 10.2. The van der Waals surface area contributed by atoms with Crippen LogP contribution in [0.2, 0.25) is 0 Å². The summed E-state index contributed by atoms with van der Waals surface area (Å²) >= 11 is 0. The summed E-state index contributed by atoms with van der Waals surface area (Å²) in [4.78, 5) is 28.7. The highest BCUT2D eigenvalue weighted by molar-refractivity contribution is 6.22. The Morgan fingerprint density at radius 2 is 1.70 bits per heavy atom. The molecule has 3 aliphatic rings. The van der Waals surface area contributed by atoms with Gasteiger partial charge in [-0.1, -0.05) is 12.8 Å². The van der Waals surface area contributed by atoms with E-state index in [9.17, 15) is 9.59 Å². The van der Waals surface area contributed by atoms with E-state index in [2.05, 4.69) is 4.90 Å². The Balaban J connectivity index is 1.57. The largest absolute Gasteiger partial charge is 0.454 e. The highest BCUT2D eigenvalue weighted by Gasteiger charge is 2.42. The first kappa shape index (κ1) is 14.5. The minimum Gasteiger partial charge on any atom is -0.454 e. The van der Waals surface area contributed by atoms with E-state index in [-0.39, 0.29) is 31.1 Å². The first-order chi connectivity index (χ1) is 11.2. The van der Waals surface area contributed by atoms with E-state index in [4.69, 9.17) is 9.47 Å². The smallest absolute Gasteiger partial charge is 0.251 e. The Labute approximate surface area is 134 Å². The number of carbonyl (C=O) groups is 2. The lowest BCUT2D eigenvalue weighted by Gasteiger charge is -2.25. The normalized spacial score (nSPS) is 25.0. The van der Waals surface area contributed by atoms with Crippen molar-refractivity contribution in [3.63, 3.8) is 0 Å². The first-order valence-corrected chi connectivity index (χ1v) is 8.24. The molecule has 3 heterocycles. The molecule has 0 N–H and O–H groups in total. The summed E-state index contributed by atoms with van der Waals surface area (Å²) < 4.78 is 10.6. The van der Waals surface area contributed by atoms with Gasteiger partial charge in [-0.05, 0) is 38.1 Å². The fourth-order valence-corrected chi connectivity index (χ4v) is 3.60. The maximum Gasteiger partial charge on any atom is 0.251 e. The Morgan fingerprint density at radius 1 is 0.957 bits per heavy atom. The van der Waals surface area contributed by atoms with E-state index >= 15 is 0 Å². The molecule has 6 nitrogen and oxygen atoms in total. The highest BCUT2D eigenvalue weighted by Crippen LogP contribution is 2.37. The van der Waals surface area contributed by atoms with Crippen molar-refractivity contribution in [2.45, 2.75) is 38.1 Å². The number of rotatable bonds is 2. The number of ether oxygens (including phenoxy) is 2. The summed E-state index contributed by atoms with van der Waals surface area (Å²) in [5.74, 6) is 0.983. The van der Waals surface area contributed by atoms with Crippen molar-refractivity contribution in [3.8, 4) is 11.5 Å². The van der Waals surface area contributed by atoms with Crippen molar-refractivity contribution < 1.29 is 19.1 Å². The van der Waals surface area contributed by atoms with E-state index in [0.717, 1.165) is 25.9 Å². The quantitative estimate of drug-likeness (QED) is 0.780. The molecule has 2 saturated heterocycles. The summed E-state index contributed by atoms with van der Waals surface area (Å²) in [7, 11) is 0. The number of amides is 2. The average molecular weight is 316 g/mol. The number of fused-ring (bicyclic) bond motifs is 1. The van der Waals surface area contributed by atoms with Gasteiger partial charge >= 0.3 is 0 Å². The molecule has 3 aliphatic heterocycles. The average Bonchev–Trinajstić information content (AvgIpc) is 3.01. The standard InChI is InChI=1S/C17H20N2O4/c20-16-10-13(18-7-3-1-2-4-8-18)17(21)19(16)12-5-6-14-15(9-12)23-11-22-14/h5-6,9,13H,1-4,7-8,10-11H2/t13-/m1/s1. The highest BCUT2D eigenvalue weighted by atomic mass is 16.7. The van der Waals surface area contributed by atoms with Crippen LogP contribution in [0.25, 0.3) is 0 Å². The van der Waals surface area contributed by atoms with Crippen LogP contribution in [0.3, 0.4) is 0 Å². The number of imide groups is 1. The van der Waals surface area contributed by atoms with Crippen LogP contribution in [-0.2, 0) is 9.59 Å². The molecular weight excluding hydrogens is 296 g/mol. The van der Waals surface area contributed by atoms with Crippen LogP contribution in [-0.4, -0.2) is 42.6 Å². The van der Waals surface area contributed by atoms with Crippen molar-refractivity contribution >= 4 is 17.5 Å². The number of hydrogen-bond acceptors (Lipinski definition) is 5. The minimum absolute atomic E-state index is 0.115. The van der Waals surface area contributed by atoms with Gasteiger partial charge in [0.1, 0.15) is 0 Å². The monoisotopic (exact) mass is 316 g/mol. The van der Waals surface area contributed by atoms with Crippen LogP contribution < -0.4 is 14.4 Å². The molecule has 2 fully saturated rings. The Bertz CT molecular complexity index is 637. The lowest BCUT2D eigenvalue weighted by Crippen LogP contribution is -2.42. The summed E-state index contributed by atoms with van der Waals surface area (Å²) in [6.07, 6.45) is 4.88. The molecule has 0 saturated carbocycles. The van der Waals surface area contributed by atoms with E-state index in [0.29, 0.717) is 17.2 Å². The van der Waals surface area contributed by atoms with Gasteiger partial charge in [0.2, 0.25) is 12.7 Å². The minimum atomic E-state index is -0.314. The number of benzene rings is 1. The van der Waals surface area contributed by atoms with Gasteiger partial charge in [-0.25, -0.2) is 4.90 Å². The molecule has 23 heavy (non-hydrogen) atoms. The second-order valence-electron chi connectivity index (χ2n) is 6.28. The number of nitrogens with zero attached hydrogens (tertiary/aromatic N) is 2. The van der Waals surface area contributed by atoms with Gasteiger partial charge in [-0.2, -0.15) is 0 Å². The van der Waals surface area contributed by atoms with E-state index in [1.807, 2.05) is 0 Å². The van der Waals surface area contributed by atoms with Crippen LogP contribution in [0.15, 0.2) is 18.2 Å². The maximum atomic E-state index is 12.8. The molecule has 0 aromatic heterocycles. The fraction of sp³-hybridized carbons (Fsp3) is 0.529. The molecule has 1 atom stereocenters. The third-order valence-corrected chi connectivity index (χ3v) is 4.82. The Hall–Kier alpha value is -2.08. The van der Waals surface area contributed by atoms with E-state index in [1.54, 1.807) is 18.2 Å². The molecule has 2 amide bonds. The lowest BCUT2D eigenvalue weighted by molar-refractivity contribution is -0.122. The number of hydrogen-bond donors (Lipinski definition) is 0. The predicted octanol–water partition coefficient (Wildman–Crippen LogP) is 1.92. The van der Waals surface area contributed by atoms with Crippen molar-refractivity contribution in [3.05, 3.63) is 18.2 Å². The zero-order chi connectivity index (χ0) is 15.8. The van der Waals surface area contributed by atoms with Crippen LogP contribution in [0.1, 0.15) is 32.1 Å². The van der Waals surface area contributed by atoms with Crippen molar-refractivity contribution in [2.75, 3.05) is 24.8 Å². The summed E-state index contributed by atoms with van der Waals surface area (Å²) in [6.45, 7) is 1.98. The van der Waals surface area contributed by atoms with Gasteiger partial charge in [0.05, 0.1) is 18.2 Å². The van der Waals surface area contributed by atoms with E-state index < -0.39 is 0 Å². The van der Waals surface area contributed by atoms with Crippen LogP contribution >= 0.6 is 0 Å². The van der Waals surface area contributed by atoms with Crippen LogP contribution in [0, 0.1) is 0 Å². The van der Waals surface area contributed by atoms with Gasteiger partial charge in [0.25, 0.3) is 5.91 Å². The van der Waals surface area contributed by atoms with Crippen LogP contribution in [0.4, 0.5) is 5.69 Å². The van der Waals surface area contributed by atoms with Gasteiger partial charge in [0, 0.05) is 6.07 Å². The second kappa shape index (κ2) is 5.85. The van der Waals surface area contributed by atoms with Gasteiger partial charge in [-0.3, -0.25) is 14.5 Å². The molecule has 1 aromatic rings. The first-order valence-electron chi connectivity index (χ1n) is 8.24. The van der Waals surface area contributed by atoms with Crippen LogP contribution in [0.5, 0.6) is 11.5 Å². The molecule has 4 rings (SSSR count). The molecule has 0 aliphatic carbocycles.